The molecule has 1 saturated carbocycles. The second-order valence-electron chi connectivity index (χ2n) is 7.36. The minimum Gasteiger partial charge on any atom is -0.462 e. The summed E-state index contributed by atoms with van der Waals surface area (Å²) < 4.78 is 10.8. The lowest BCUT2D eigenvalue weighted by molar-refractivity contribution is -0.145. The Morgan fingerprint density at radius 2 is 1.14 bits per heavy atom. The van der Waals surface area contributed by atoms with Gasteiger partial charge in [0.15, 0.2) is 0 Å². The predicted octanol–water partition coefficient (Wildman–Crippen LogP) is 3.50. The van der Waals surface area contributed by atoms with Crippen LogP contribution in [0.4, 0.5) is 0 Å². The molecule has 3 aliphatic rings. The molecule has 4 heteroatoms. The monoisotopic (exact) mass is 308 g/mol. The molecule has 0 unspecified atom stereocenters. The third-order valence-electron chi connectivity index (χ3n) is 4.37. The Bertz CT molecular complexity index is 412. The number of fused-ring (bicyclic) bond motifs is 2. The van der Waals surface area contributed by atoms with Gasteiger partial charge in [-0.05, 0) is 49.4 Å². The van der Waals surface area contributed by atoms with E-state index in [9.17, 15) is 9.59 Å². The zero-order valence-corrected chi connectivity index (χ0v) is 14.2. The van der Waals surface area contributed by atoms with Gasteiger partial charge in [0.05, 0.1) is 24.4 Å². The summed E-state index contributed by atoms with van der Waals surface area (Å²) in [6.45, 7) is 8.82. The maximum absolute atomic E-state index is 12.5. The molecule has 2 bridgehead atoms. The van der Waals surface area contributed by atoms with E-state index in [1.807, 2.05) is 27.7 Å². The topological polar surface area (TPSA) is 52.6 Å². The van der Waals surface area contributed by atoms with Gasteiger partial charge in [-0.2, -0.15) is 0 Å². The standard InChI is InChI=1S/C18H28O4/c1-11(2)9-21-17(19)15-13-5-7-14(8-6-13)16(15)18(20)22-10-12(3)4/h11-14H,5-10H2,1-4H3. The molecule has 0 aromatic heterocycles. The van der Waals surface area contributed by atoms with Crippen LogP contribution in [0.25, 0.3) is 0 Å². The largest absolute Gasteiger partial charge is 0.462 e. The van der Waals surface area contributed by atoms with E-state index in [1.165, 1.54) is 0 Å². The van der Waals surface area contributed by atoms with Gasteiger partial charge in [0.2, 0.25) is 0 Å². The minimum atomic E-state index is -0.306. The molecule has 0 N–H and O–H groups in total. The molecule has 0 saturated heterocycles. The van der Waals surface area contributed by atoms with Crippen LogP contribution >= 0.6 is 0 Å². The first-order valence-electron chi connectivity index (χ1n) is 8.48. The highest BCUT2D eigenvalue weighted by atomic mass is 16.5. The zero-order chi connectivity index (χ0) is 16.3. The first-order chi connectivity index (χ1) is 10.4. The molecule has 0 heterocycles. The average Bonchev–Trinajstić information content (AvgIpc) is 2.50. The van der Waals surface area contributed by atoms with Gasteiger partial charge in [-0.3, -0.25) is 0 Å². The number of rotatable bonds is 6. The molecule has 0 radical (unpaired) electrons. The Labute approximate surface area is 133 Å². The molecule has 1 fully saturated rings. The molecule has 0 amide bonds. The third kappa shape index (κ3) is 3.90. The molecule has 22 heavy (non-hydrogen) atoms. The van der Waals surface area contributed by atoms with E-state index in [2.05, 4.69) is 0 Å². The SMILES string of the molecule is CC(C)COC(=O)C1=C(C(=O)OCC(C)C)C2CCC1CC2. The number of carbonyl (C=O) groups is 2. The lowest BCUT2D eigenvalue weighted by atomic mass is 9.67. The summed E-state index contributed by atoms with van der Waals surface area (Å²) in [6.07, 6.45) is 3.94. The second kappa shape index (κ2) is 7.30. The quantitative estimate of drug-likeness (QED) is 0.705. The van der Waals surface area contributed by atoms with Crippen molar-refractivity contribution in [2.75, 3.05) is 13.2 Å². The molecule has 0 atom stereocenters. The van der Waals surface area contributed by atoms with E-state index in [0.29, 0.717) is 36.2 Å². The van der Waals surface area contributed by atoms with E-state index in [1.54, 1.807) is 0 Å². The molecule has 0 aromatic rings. The molecule has 3 aliphatic carbocycles. The highest BCUT2D eigenvalue weighted by molar-refractivity contribution is 6.01. The van der Waals surface area contributed by atoms with Gasteiger partial charge in [-0.15, -0.1) is 0 Å². The van der Waals surface area contributed by atoms with E-state index in [-0.39, 0.29) is 23.8 Å². The van der Waals surface area contributed by atoms with Crippen LogP contribution < -0.4 is 0 Å². The number of hydrogen-bond donors (Lipinski definition) is 0. The fraction of sp³-hybridized carbons (Fsp3) is 0.778. The second-order valence-corrected chi connectivity index (χ2v) is 7.36. The Kier molecular flexibility index (Phi) is 5.65. The van der Waals surface area contributed by atoms with Crippen LogP contribution in [0.3, 0.4) is 0 Å². The Balaban J connectivity index is 2.19. The van der Waals surface area contributed by atoms with Crippen molar-refractivity contribution >= 4 is 11.9 Å². The summed E-state index contributed by atoms with van der Waals surface area (Å²) in [6, 6.07) is 0. The molecule has 0 aliphatic heterocycles. The van der Waals surface area contributed by atoms with Crippen molar-refractivity contribution in [2.24, 2.45) is 23.7 Å². The van der Waals surface area contributed by atoms with Crippen molar-refractivity contribution in [1.29, 1.82) is 0 Å². The number of hydrogen-bond acceptors (Lipinski definition) is 4. The van der Waals surface area contributed by atoms with Gasteiger partial charge in [-0.1, -0.05) is 27.7 Å². The van der Waals surface area contributed by atoms with E-state index in [0.717, 1.165) is 25.7 Å². The van der Waals surface area contributed by atoms with Crippen LogP contribution in [0.5, 0.6) is 0 Å². The summed E-state index contributed by atoms with van der Waals surface area (Å²) in [5.41, 5.74) is 1.22. The summed E-state index contributed by atoms with van der Waals surface area (Å²) in [4.78, 5) is 24.9. The smallest absolute Gasteiger partial charge is 0.334 e. The van der Waals surface area contributed by atoms with Gasteiger partial charge >= 0.3 is 11.9 Å². The lowest BCUT2D eigenvalue weighted by Gasteiger charge is -2.38. The molecular formula is C18H28O4. The molecular weight excluding hydrogens is 280 g/mol. The zero-order valence-electron chi connectivity index (χ0n) is 14.2. The fourth-order valence-electron chi connectivity index (χ4n) is 3.30. The van der Waals surface area contributed by atoms with Gasteiger partial charge in [0.1, 0.15) is 0 Å². The van der Waals surface area contributed by atoms with Crippen molar-refractivity contribution in [3.05, 3.63) is 11.1 Å². The summed E-state index contributed by atoms with van der Waals surface area (Å²) in [5.74, 6) is 0.319. The lowest BCUT2D eigenvalue weighted by Crippen LogP contribution is -2.35. The van der Waals surface area contributed by atoms with Crippen LogP contribution in [-0.4, -0.2) is 25.2 Å². The predicted molar refractivity (Wildman–Crippen MR) is 84.1 cm³/mol. The average molecular weight is 308 g/mol. The van der Waals surface area contributed by atoms with Crippen molar-refractivity contribution in [2.45, 2.75) is 53.4 Å². The Hall–Kier alpha value is -1.32. The first kappa shape index (κ1) is 17.0. The highest BCUT2D eigenvalue weighted by Crippen LogP contribution is 2.46. The minimum absolute atomic E-state index is 0.172. The van der Waals surface area contributed by atoms with Gasteiger partial charge in [0.25, 0.3) is 0 Å². The highest BCUT2D eigenvalue weighted by Gasteiger charge is 2.42. The summed E-state index contributed by atoms with van der Waals surface area (Å²) in [5, 5.41) is 0. The molecule has 3 rings (SSSR count). The summed E-state index contributed by atoms with van der Waals surface area (Å²) >= 11 is 0. The van der Waals surface area contributed by atoms with Crippen molar-refractivity contribution in [1.82, 2.24) is 0 Å². The number of ether oxygens (including phenoxy) is 2. The fourth-order valence-corrected chi connectivity index (χ4v) is 3.30. The molecule has 4 nitrogen and oxygen atoms in total. The Morgan fingerprint density at radius 3 is 1.41 bits per heavy atom. The summed E-state index contributed by atoms with van der Waals surface area (Å²) in [7, 11) is 0. The Morgan fingerprint density at radius 1 is 0.818 bits per heavy atom. The van der Waals surface area contributed by atoms with Crippen LogP contribution in [0.1, 0.15) is 53.4 Å². The van der Waals surface area contributed by atoms with Crippen LogP contribution in [0, 0.1) is 23.7 Å². The number of carbonyl (C=O) groups excluding carboxylic acids is 2. The van der Waals surface area contributed by atoms with Crippen molar-refractivity contribution in [3.63, 3.8) is 0 Å². The maximum atomic E-state index is 12.5. The molecule has 0 spiro atoms. The van der Waals surface area contributed by atoms with Crippen LogP contribution in [0.2, 0.25) is 0 Å². The van der Waals surface area contributed by atoms with Gasteiger partial charge in [-0.25, -0.2) is 9.59 Å². The maximum Gasteiger partial charge on any atom is 0.334 e. The number of esters is 2. The first-order valence-corrected chi connectivity index (χ1v) is 8.48. The van der Waals surface area contributed by atoms with Crippen molar-refractivity contribution < 1.29 is 19.1 Å². The molecule has 124 valence electrons. The molecule has 0 aromatic carbocycles. The van der Waals surface area contributed by atoms with Gasteiger partial charge in [0, 0.05) is 0 Å². The van der Waals surface area contributed by atoms with Crippen LogP contribution in [0.15, 0.2) is 11.1 Å². The third-order valence-corrected chi connectivity index (χ3v) is 4.37. The van der Waals surface area contributed by atoms with E-state index >= 15 is 0 Å². The van der Waals surface area contributed by atoms with E-state index < -0.39 is 0 Å². The normalized spacial score (nSPS) is 24.1. The van der Waals surface area contributed by atoms with Gasteiger partial charge < -0.3 is 9.47 Å². The van der Waals surface area contributed by atoms with E-state index in [4.69, 9.17) is 9.47 Å². The van der Waals surface area contributed by atoms with Crippen LogP contribution in [-0.2, 0) is 19.1 Å². The van der Waals surface area contributed by atoms with Crippen molar-refractivity contribution in [3.8, 4) is 0 Å².